The fourth-order valence-electron chi connectivity index (χ4n) is 2.68. The van der Waals surface area contributed by atoms with E-state index in [0.717, 1.165) is 16.5 Å². The van der Waals surface area contributed by atoms with Gasteiger partial charge in [-0.05, 0) is 24.1 Å². The number of aryl methyl sites for hydroxylation is 1. The number of phenolic OH excluding ortho intramolecular Hbond substituents is 1. The molecule has 0 saturated heterocycles. The summed E-state index contributed by atoms with van der Waals surface area (Å²) in [6, 6.07) is 13.2. The van der Waals surface area contributed by atoms with Crippen LogP contribution in [0.4, 0.5) is 0 Å². The number of fused-ring (bicyclic) bond motifs is 1. The number of nitrogens with one attached hydrogen (secondary N) is 1. The smallest absolute Gasteiger partial charge is 0.241 e. The molecule has 3 rings (SSSR count). The minimum absolute atomic E-state index is 0.147. The monoisotopic (exact) mass is 348 g/mol. The summed E-state index contributed by atoms with van der Waals surface area (Å²) in [6.45, 7) is 4.13. The van der Waals surface area contributed by atoms with E-state index in [2.05, 4.69) is 22.2 Å². The summed E-state index contributed by atoms with van der Waals surface area (Å²) in [5.74, 6) is -0.0732. The maximum absolute atomic E-state index is 12.0. The van der Waals surface area contributed by atoms with Crippen molar-refractivity contribution in [1.29, 1.82) is 0 Å². The highest BCUT2D eigenvalue weighted by Gasteiger charge is 2.06. The van der Waals surface area contributed by atoms with Gasteiger partial charge in [0, 0.05) is 17.4 Å². The van der Waals surface area contributed by atoms with E-state index in [9.17, 15) is 9.90 Å². The van der Waals surface area contributed by atoms with Crippen LogP contribution in [0.2, 0.25) is 0 Å². The summed E-state index contributed by atoms with van der Waals surface area (Å²) in [5.41, 5.74) is 4.78. The van der Waals surface area contributed by atoms with Gasteiger partial charge in [0.15, 0.2) is 0 Å². The Morgan fingerprint density at radius 1 is 1.27 bits per heavy atom. The van der Waals surface area contributed by atoms with E-state index in [1.165, 1.54) is 6.21 Å². The lowest BCUT2D eigenvalue weighted by Crippen LogP contribution is -2.19. The van der Waals surface area contributed by atoms with E-state index in [0.29, 0.717) is 18.5 Å². The highest BCUT2D eigenvalue weighted by molar-refractivity contribution is 5.85. The van der Waals surface area contributed by atoms with E-state index in [-0.39, 0.29) is 18.1 Å². The first-order valence-corrected chi connectivity index (χ1v) is 8.33. The Hall–Kier alpha value is -3.41. The van der Waals surface area contributed by atoms with Crippen molar-refractivity contribution >= 4 is 23.0 Å². The first kappa shape index (κ1) is 17.4. The van der Waals surface area contributed by atoms with Crippen LogP contribution in [0.3, 0.4) is 0 Å². The van der Waals surface area contributed by atoms with Crippen LogP contribution in [-0.4, -0.2) is 27.0 Å². The largest absolute Gasteiger partial charge is 0.507 e. The minimum Gasteiger partial charge on any atom is -0.507 e. The highest BCUT2D eigenvalue weighted by Crippen LogP contribution is 2.21. The van der Waals surface area contributed by atoms with Crippen LogP contribution in [0.1, 0.15) is 17.5 Å². The van der Waals surface area contributed by atoms with Crippen molar-refractivity contribution < 1.29 is 9.90 Å². The molecule has 6 heteroatoms. The number of carbonyl (C=O) groups excluding carboxylic acids is 1. The summed E-state index contributed by atoms with van der Waals surface area (Å²) >= 11 is 0. The zero-order valence-corrected chi connectivity index (χ0v) is 14.3. The maximum atomic E-state index is 12.0. The molecule has 2 aromatic carbocycles. The molecule has 2 N–H and O–H groups in total. The number of nitrogens with zero attached hydrogens (tertiary/aromatic N) is 3. The van der Waals surface area contributed by atoms with Crippen molar-refractivity contribution in [2.45, 2.75) is 19.4 Å². The number of para-hydroxylation sites is 2. The second kappa shape index (κ2) is 8.11. The van der Waals surface area contributed by atoms with Crippen LogP contribution in [0.15, 0.2) is 66.4 Å². The van der Waals surface area contributed by atoms with E-state index >= 15 is 0 Å². The van der Waals surface area contributed by atoms with E-state index in [1.807, 2.05) is 36.4 Å². The second-order valence-electron chi connectivity index (χ2n) is 5.82. The van der Waals surface area contributed by atoms with E-state index in [1.54, 1.807) is 23.0 Å². The fraction of sp³-hybridized carbons (Fsp3) is 0.150. The molecule has 0 fully saturated rings. The number of aromatic hydroxyl groups is 1. The molecule has 3 aromatic rings. The topological polar surface area (TPSA) is 79.5 Å². The number of hydrogen-bond donors (Lipinski definition) is 2. The second-order valence-corrected chi connectivity index (χ2v) is 5.82. The first-order valence-electron chi connectivity index (χ1n) is 8.33. The minimum atomic E-state index is -0.220. The summed E-state index contributed by atoms with van der Waals surface area (Å²) in [4.78, 5) is 12.0. The number of aromatic nitrogens is 2. The number of rotatable bonds is 7. The van der Waals surface area contributed by atoms with Crippen LogP contribution in [0, 0.1) is 0 Å². The number of hydrogen-bond acceptors (Lipinski definition) is 4. The number of hydrazone groups is 1. The average Bonchev–Trinajstić information content (AvgIpc) is 3.06. The summed E-state index contributed by atoms with van der Waals surface area (Å²) in [7, 11) is 0. The van der Waals surface area contributed by atoms with Gasteiger partial charge in [-0.1, -0.05) is 36.4 Å². The predicted octanol–water partition coefficient (Wildman–Crippen LogP) is 3.01. The first-order chi connectivity index (χ1) is 12.7. The molecule has 0 radical (unpaired) electrons. The average molecular weight is 348 g/mol. The van der Waals surface area contributed by atoms with E-state index < -0.39 is 0 Å². The van der Waals surface area contributed by atoms with Crippen LogP contribution in [-0.2, 0) is 17.8 Å². The number of benzene rings is 2. The van der Waals surface area contributed by atoms with Crippen LogP contribution >= 0.6 is 0 Å². The van der Waals surface area contributed by atoms with Crippen molar-refractivity contribution in [2.24, 2.45) is 5.10 Å². The zero-order chi connectivity index (χ0) is 18.4. The van der Waals surface area contributed by atoms with Gasteiger partial charge in [0.05, 0.1) is 24.5 Å². The van der Waals surface area contributed by atoms with Gasteiger partial charge in [-0.3, -0.25) is 9.48 Å². The highest BCUT2D eigenvalue weighted by atomic mass is 16.3. The van der Waals surface area contributed by atoms with E-state index in [4.69, 9.17) is 0 Å². The number of allylic oxidation sites excluding steroid dienone is 1. The van der Waals surface area contributed by atoms with Gasteiger partial charge in [0.25, 0.3) is 0 Å². The molecule has 1 aromatic heterocycles. The molecule has 6 nitrogen and oxygen atoms in total. The third-order valence-electron chi connectivity index (χ3n) is 4.01. The third kappa shape index (κ3) is 3.97. The third-order valence-corrected chi connectivity index (χ3v) is 4.01. The molecule has 0 saturated carbocycles. The Morgan fingerprint density at radius 3 is 2.96 bits per heavy atom. The van der Waals surface area contributed by atoms with Crippen LogP contribution in [0.25, 0.3) is 10.9 Å². The molecular formula is C20H20N4O2. The molecule has 0 aliphatic carbocycles. The molecular weight excluding hydrogens is 328 g/mol. The van der Waals surface area contributed by atoms with Crippen molar-refractivity contribution in [2.75, 3.05) is 0 Å². The lowest BCUT2D eigenvalue weighted by atomic mass is 10.1. The van der Waals surface area contributed by atoms with Crippen LogP contribution in [0.5, 0.6) is 5.75 Å². The summed E-state index contributed by atoms with van der Waals surface area (Å²) in [5, 5.41) is 19.4. The Kier molecular flexibility index (Phi) is 5.43. The van der Waals surface area contributed by atoms with Gasteiger partial charge in [-0.15, -0.1) is 6.58 Å². The molecule has 0 atom stereocenters. The Balaban J connectivity index is 1.56. The van der Waals surface area contributed by atoms with Crippen molar-refractivity contribution in [1.82, 2.24) is 15.2 Å². The van der Waals surface area contributed by atoms with Gasteiger partial charge in [-0.25, -0.2) is 5.43 Å². The maximum Gasteiger partial charge on any atom is 0.241 e. The van der Waals surface area contributed by atoms with Gasteiger partial charge in [-0.2, -0.15) is 10.2 Å². The Morgan fingerprint density at radius 2 is 2.12 bits per heavy atom. The quantitative estimate of drug-likeness (QED) is 0.391. The normalized spacial score (nSPS) is 11.1. The SMILES string of the molecule is C=CCc1cccc(/C=N/NC(=O)CCn2ncc3ccccc32)c1O. The van der Waals surface area contributed by atoms with Crippen molar-refractivity contribution in [3.63, 3.8) is 0 Å². The van der Waals surface area contributed by atoms with Gasteiger partial charge < -0.3 is 5.11 Å². The van der Waals surface area contributed by atoms with Gasteiger partial charge in [0.2, 0.25) is 5.91 Å². The van der Waals surface area contributed by atoms with Crippen LogP contribution < -0.4 is 5.43 Å². The molecule has 1 amide bonds. The summed E-state index contributed by atoms with van der Waals surface area (Å²) in [6.07, 6.45) is 5.76. The predicted molar refractivity (Wildman–Crippen MR) is 102 cm³/mol. The molecule has 0 unspecified atom stereocenters. The summed E-state index contributed by atoms with van der Waals surface area (Å²) < 4.78 is 1.79. The lowest BCUT2D eigenvalue weighted by Gasteiger charge is -2.05. The van der Waals surface area contributed by atoms with Crippen molar-refractivity contribution in [3.05, 3.63) is 72.4 Å². The molecule has 0 aliphatic rings. The molecule has 26 heavy (non-hydrogen) atoms. The Bertz CT molecular complexity index is 959. The number of carbonyl (C=O) groups is 1. The Labute approximate surface area is 151 Å². The number of phenols is 1. The molecule has 0 bridgehead atoms. The molecule has 1 heterocycles. The lowest BCUT2D eigenvalue weighted by molar-refractivity contribution is -0.121. The molecule has 132 valence electrons. The standard InChI is InChI=1S/C20H20N4O2/c1-2-6-15-8-5-9-17(20(15)26)13-21-23-19(25)11-12-24-18-10-4-3-7-16(18)14-22-24/h2-5,7-10,13-14,26H,1,6,11-12H2,(H,23,25)/b21-13+. The number of amides is 1. The molecule has 0 spiro atoms. The van der Waals surface area contributed by atoms with Gasteiger partial charge >= 0.3 is 0 Å². The molecule has 0 aliphatic heterocycles. The fourth-order valence-corrected chi connectivity index (χ4v) is 2.68. The zero-order valence-electron chi connectivity index (χ0n) is 14.3. The van der Waals surface area contributed by atoms with Crippen molar-refractivity contribution in [3.8, 4) is 5.75 Å². The van der Waals surface area contributed by atoms with Gasteiger partial charge in [0.1, 0.15) is 5.75 Å².